The number of methoxy groups -OCH3 is 1. The molecule has 0 amide bonds. The van der Waals surface area contributed by atoms with Gasteiger partial charge in [0.05, 0.1) is 31.5 Å². The number of benzene rings is 1. The summed E-state index contributed by atoms with van der Waals surface area (Å²) in [5.74, 6) is -0.862. The number of fused-ring (bicyclic) bond motifs is 5. The van der Waals surface area contributed by atoms with Gasteiger partial charge in [0.2, 0.25) is 0 Å². The Labute approximate surface area is 169 Å². The number of para-hydroxylation sites is 1. The van der Waals surface area contributed by atoms with Crippen molar-refractivity contribution in [3.05, 3.63) is 65.5 Å². The van der Waals surface area contributed by atoms with Crippen molar-refractivity contribution >= 4 is 28.5 Å². The van der Waals surface area contributed by atoms with Gasteiger partial charge >= 0.3 is 11.9 Å². The lowest BCUT2D eigenvalue weighted by molar-refractivity contribution is -0.143. The number of aromatic nitrogens is 1. The van der Waals surface area contributed by atoms with Crippen molar-refractivity contribution in [1.82, 2.24) is 9.88 Å². The van der Waals surface area contributed by atoms with Crippen molar-refractivity contribution in [3.63, 3.8) is 0 Å². The molecule has 6 nitrogen and oxygen atoms in total. The maximum atomic E-state index is 12.2. The maximum Gasteiger partial charge on any atom is 0.330 e. The predicted molar refractivity (Wildman–Crippen MR) is 111 cm³/mol. The number of esters is 2. The first-order valence-corrected chi connectivity index (χ1v) is 9.82. The number of carbonyl (C=O) groups excluding carboxylic acids is 2. The van der Waals surface area contributed by atoms with Crippen LogP contribution in [0.25, 0.3) is 16.6 Å². The van der Waals surface area contributed by atoms with Gasteiger partial charge in [0, 0.05) is 35.6 Å². The maximum absolute atomic E-state index is 12.2. The Morgan fingerprint density at radius 1 is 1.31 bits per heavy atom. The molecule has 1 aromatic carbocycles. The number of rotatable bonds is 5. The minimum Gasteiger partial charge on any atom is -0.466 e. The van der Waals surface area contributed by atoms with Crippen molar-refractivity contribution < 1.29 is 19.1 Å². The average Bonchev–Trinajstić information content (AvgIpc) is 3.11. The van der Waals surface area contributed by atoms with E-state index in [1.54, 1.807) is 13.0 Å². The quantitative estimate of drug-likeness (QED) is 0.622. The van der Waals surface area contributed by atoms with E-state index in [4.69, 9.17) is 9.47 Å². The molecule has 29 heavy (non-hydrogen) atoms. The topological polar surface area (TPSA) is 71.6 Å². The van der Waals surface area contributed by atoms with Crippen LogP contribution in [0.3, 0.4) is 0 Å². The molecule has 3 heterocycles. The molecule has 150 valence electrons. The summed E-state index contributed by atoms with van der Waals surface area (Å²) in [6, 6.07) is 8.30. The molecule has 1 N–H and O–H groups in total. The number of hydrogen-bond donors (Lipinski definition) is 1. The lowest BCUT2D eigenvalue weighted by Gasteiger charge is -2.34. The Morgan fingerprint density at radius 2 is 2.14 bits per heavy atom. The van der Waals surface area contributed by atoms with Crippen LogP contribution < -0.4 is 0 Å². The van der Waals surface area contributed by atoms with E-state index in [-0.39, 0.29) is 18.3 Å². The zero-order valence-corrected chi connectivity index (χ0v) is 16.6. The molecule has 2 aliphatic rings. The molecule has 1 unspecified atom stereocenters. The van der Waals surface area contributed by atoms with Gasteiger partial charge in [-0.25, -0.2) is 4.79 Å². The fraction of sp³-hybridized carbons (Fsp3) is 0.304. The van der Waals surface area contributed by atoms with Crippen LogP contribution in [0.5, 0.6) is 0 Å². The van der Waals surface area contributed by atoms with Crippen LogP contribution >= 0.6 is 0 Å². The standard InChI is InChI=1S/C23H24N2O4/c1-3-29-22(27)13-16-12-20-23-18(17-6-4-5-7-19(17)24-23)10-11-25(20)14-15(16)8-9-21(26)28-2/h4-9,12,14,16,24H,3,10-11,13H2,1-2H3/b9-8+. The van der Waals surface area contributed by atoms with Crippen molar-refractivity contribution in [2.45, 2.75) is 19.8 Å². The molecule has 0 fully saturated rings. The van der Waals surface area contributed by atoms with Gasteiger partial charge in [-0.1, -0.05) is 24.3 Å². The molecule has 1 atom stereocenters. The first kappa shape index (κ1) is 19.1. The summed E-state index contributed by atoms with van der Waals surface area (Å²) < 4.78 is 9.87. The fourth-order valence-corrected chi connectivity index (χ4v) is 4.03. The van der Waals surface area contributed by atoms with Crippen LogP contribution in [0.15, 0.2) is 54.3 Å². The van der Waals surface area contributed by atoms with E-state index in [1.807, 2.05) is 12.3 Å². The Morgan fingerprint density at radius 3 is 2.93 bits per heavy atom. The number of carbonyl (C=O) groups is 2. The van der Waals surface area contributed by atoms with E-state index in [1.165, 1.54) is 24.1 Å². The third kappa shape index (κ3) is 3.70. The number of nitrogens with one attached hydrogen (secondary N) is 1. The molecule has 4 rings (SSSR count). The number of allylic oxidation sites excluding steroid dienone is 3. The number of aromatic amines is 1. The first-order chi connectivity index (χ1) is 14.1. The highest BCUT2D eigenvalue weighted by Crippen LogP contribution is 2.39. The highest BCUT2D eigenvalue weighted by atomic mass is 16.5. The summed E-state index contributed by atoms with van der Waals surface area (Å²) in [7, 11) is 1.35. The van der Waals surface area contributed by atoms with Crippen molar-refractivity contribution in [2.24, 2.45) is 5.92 Å². The lowest BCUT2D eigenvalue weighted by atomic mass is 9.88. The van der Waals surface area contributed by atoms with E-state index in [0.29, 0.717) is 6.61 Å². The van der Waals surface area contributed by atoms with Gasteiger partial charge in [0.1, 0.15) is 0 Å². The number of hydrogen-bond acceptors (Lipinski definition) is 5. The minimum absolute atomic E-state index is 0.182. The number of H-pyrrole nitrogens is 1. The van der Waals surface area contributed by atoms with Crippen molar-refractivity contribution in [2.75, 3.05) is 20.3 Å². The second-order valence-electron chi connectivity index (χ2n) is 7.12. The van der Waals surface area contributed by atoms with E-state index < -0.39 is 5.97 Å². The molecule has 2 aromatic rings. The number of nitrogens with zero attached hydrogens (tertiary/aromatic N) is 1. The number of ether oxygens (including phenoxy) is 2. The van der Waals surface area contributed by atoms with Crippen LogP contribution in [0.1, 0.15) is 24.6 Å². The van der Waals surface area contributed by atoms with E-state index in [0.717, 1.165) is 35.4 Å². The predicted octanol–water partition coefficient (Wildman–Crippen LogP) is 3.56. The monoisotopic (exact) mass is 392 g/mol. The molecule has 0 saturated heterocycles. The summed E-state index contributed by atoms with van der Waals surface area (Å²) in [6.07, 6.45) is 8.38. The lowest BCUT2D eigenvalue weighted by Crippen LogP contribution is -2.29. The van der Waals surface area contributed by atoms with Gasteiger partial charge in [-0.05, 0) is 36.6 Å². The largest absolute Gasteiger partial charge is 0.466 e. The summed E-state index contributed by atoms with van der Waals surface area (Å²) in [5.41, 5.74) is 5.46. The van der Waals surface area contributed by atoms with E-state index in [2.05, 4.69) is 34.2 Å². The van der Waals surface area contributed by atoms with Crippen LogP contribution in [0.2, 0.25) is 0 Å². The third-order valence-corrected chi connectivity index (χ3v) is 5.38. The molecule has 2 aliphatic heterocycles. The van der Waals surface area contributed by atoms with Gasteiger partial charge < -0.3 is 19.4 Å². The van der Waals surface area contributed by atoms with Crippen LogP contribution in [-0.4, -0.2) is 42.1 Å². The summed E-state index contributed by atoms with van der Waals surface area (Å²) in [5, 5.41) is 1.24. The molecule has 0 radical (unpaired) electrons. The van der Waals surface area contributed by atoms with E-state index in [9.17, 15) is 9.59 Å². The van der Waals surface area contributed by atoms with Gasteiger partial charge in [0.25, 0.3) is 0 Å². The zero-order valence-electron chi connectivity index (χ0n) is 16.6. The SMILES string of the molecule is CCOC(=O)CC1C=C2c3[nH]c4ccccc4c3CCN2C=C1/C=C/C(=O)OC. The summed E-state index contributed by atoms with van der Waals surface area (Å²) >= 11 is 0. The highest BCUT2D eigenvalue weighted by Gasteiger charge is 2.30. The smallest absolute Gasteiger partial charge is 0.330 e. The van der Waals surface area contributed by atoms with Gasteiger partial charge in [-0.15, -0.1) is 0 Å². The first-order valence-electron chi connectivity index (χ1n) is 9.82. The van der Waals surface area contributed by atoms with Crippen molar-refractivity contribution in [1.29, 1.82) is 0 Å². The molecule has 1 aromatic heterocycles. The normalized spacial score (nSPS) is 18.1. The van der Waals surface area contributed by atoms with Gasteiger partial charge in [0.15, 0.2) is 0 Å². The molecule has 0 bridgehead atoms. The van der Waals surface area contributed by atoms with Crippen LogP contribution in [0, 0.1) is 5.92 Å². The summed E-state index contributed by atoms with van der Waals surface area (Å²) in [4.78, 5) is 29.5. The Hall–Kier alpha value is -3.28. The molecule has 6 heteroatoms. The molecule has 0 saturated carbocycles. The van der Waals surface area contributed by atoms with Crippen LogP contribution in [0.4, 0.5) is 0 Å². The highest BCUT2D eigenvalue weighted by molar-refractivity contribution is 5.90. The van der Waals surface area contributed by atoms with Gasteiger partial charge in [-0.2, -0.15) is 0 Å². The molecular formula is C23H24N2O4. The second-order valence-corrected chi connectivity index (χ2v) is 7.12. The average molecular weight is 392 g/mol. The molecular weight excluding hydrogens is 368 g/mol. The zero-order chi connectivity index (χ0) is 20.4. The van der Waals surface area contributed by atoms with Crippen molar-refractivity contribution in [3.8, 4) is 0 Å². The summed E-state index contributed by atoms with van der Waals surface area (Å²) in [6.45, 7) is 2.98. The fourth-order valence-electron chi connectivity index (χ4n) is 4.03. The van der Waals surface area contributed by atoms with Gasteiger partial charge in [-0.3, -0.25) is 4.79 Å². The molecule has 0 spiro atoms. The third-order valence-electron chi connectivity index (χ3n) is 5.38. The Kier molecular flexibility index (Phi) is 5.25. The molecule has 0 aliphatic carbocycles. The van der Waals surface area contributed by atoms with Crippen LogP contribution in [-0.2, 0) is 25.5 Å². The second kappa shape index (κ2) is 7.99. The Balaban J connectivity index is 1.72. The Bertz CT molecular complexity index is 1040. The minimum atomic E-state index is -0.424. The van der Waals surface area contributed by atoms with E-state index >= 15 is 0 Å².